The van der Waals surface area contributed by atoms with Gasteiger partial charge in [-0.1, -0.05) is 12.2 Å². The highest BCUT2D eigenvalue weighted by Crippen LogP contribution is 1.89. The first-order valence-corrected chi connectivity index (χ1v) is 4.19. The molecule has 0 rings (SSSR count). The summed E-state index contributed by atoms with van der Waals surface area (Å²) in [6, 6.07) is 0. The van der Waals surface area contributed by atoms with Gasteiger partial charge in [0, 0.05) is 0 Å². The molecule has 0 aliphatic rings. The van der Waals surface area contributed by atoms with Crippen LogP contribution in [0.1, 0.15) is 12.8 Å². The summed E-state index contributed by atoms with van der Waals surface area (Å²) in [5.41, 5.74) is 5.13. The first-order chi connectivity index (χ1) is 4.63. The van der Waals surface area contributed by atoms with Crippen LogP contribution in [0, 0.1) is 0 Å². The summed E-state index contributed by atoms with van der Waals surface area (Å²) >= 11 is 4.55. The van der Waals surface area contributed by atoms with Crippen LogP contribution in [0.5, 0.6) is 0 Å². The topological polar surface area (TPSA) is 69.4 Å². The minimum atomic E-state index is -2.72. The average Bonchev–Trinajstić information content (AvgIpc) is 1.79. The molecule has 2 N–H and O–H groups in total. The normalized spacial score (nSPS) is 10.1. The summed E-state index contributed by atoms with van der Waals surface area (Å²) < 4.78 is 23.8. The van der Waals surface area contributed by atoms with Crippen LogP contribution in [0.3, 0.4) is 0 Å². The van der Waals surface area contributed by atoms with Crippen LogP contribution in [0.2, 0.25) is 0 Å². The first-order valence-electron chi connectivity index (χ1n) is 2.68. The third-order valence-corrected chi connectivity index (χ3v) is 1.36. The fraction of sp³-hybridized carbons (Fsp3) is 0.750. The van der Waals surface area contributed by atoms with Crippen molar-refractivity contribution in [2.45, 2.75) is 12.8 Å². The molecule has 4 nitrogen and oxygen atoms in total. The van der Waals surface area contributed by atoms with Crippen LogP contribution in [-0.4, -0.2) is 20.0 Å². The Hall–Kier alpha value is -0.200. The molecular formula is C4H9NO3S2. The van der Waals surface area contributed by atoms with E-state index in [0.29, 0.717) is 17.8 Å². The molecule has 0 atom stereocenters. The van der Waals surface area contributed by atoms with Crippen molar-refractivity contribution in [1.82, 2.24) is 0 Å². The Morgan fingerprint density at radius 3 is 2.60 bits per heavy atom. The number of thiol groups is 1. The lowest BCUT2D eigenvalue weighted by Gasteiger charge is -1.94. The van der Waals surface area contributed by atoms with Crippen molar-refractivity contribution in [1.29, 1.82) is 0 Å². The van der Waals surface area contributed by atoms with Crippen molar-refractivity contribution in [2.24, 2.45) is 5.73 Å². The standard InChI is InChI=1S/C4H9NO3S2/c5-4(9)2-1-3-8-10(6)7/h10H,1-3H2,(H2,5,9). The molecule has 0 aromatic heterocycles. The van der Waals surface area contributed by atoms with Gasteiger partial charge in [-0.05, 0) is 12.8 Å². The van der Waals surface area contributed by atoms with Gasteiger partial charge in [-0.3, -0.25) is 4.18 Å². The van der Waals surface area contributed by atoms with Crippen LogP contribution in [0.4, 0.5) is 0 Å². The molecule has 0 amide bonds. The zero-order chi connectivity index (χ0) is 7.98. The highest BCUT2D eigenvalue weighted by atomic mass is 32.2. The number of hydrogen-bond acceptors (Lipinski definition) is 4. The van der Waals surface area contributed by atoms with E-state index in [1.807, 2.05) is 0 Å². The predicted octanol–water partition coefficient (Wildman–Crippen LogP) is -0.404. The molecule has 0 heterocycles. The third kappa shape index (κ3) is 7.80. The zero-order valence-electron chi connectivity index (χ0n) is 5.28. The van der Waals surface area contributed by atoms with E-state index >= 15 is 0 Å². The quantitative estimate of drug-likeness (QED) is 0.345. The molecule has 0 saturated carbocycles. The Morgan fingerprint density at radius 2 is 2.20 bits per heavy atom. The summed E-state index contributed by atoms with van der Waals surface area (Å²) in [5.74, 6) is 0. The van der Waals surface area contributed by atoms with Gasteiger partial charge in [0.15, 0.2) is 0 Å². The maximum atomic E-state index is 9.79. The SMILES string of the molecule is NC(=S)CCCO[SH](=O)=O. The molecule has 10 heavy (non-hydrogen) atoms. The lowest BCUT2D eigenvalue weighted by Crippen LogP contribution is -2.08. The van der Waals surface area contributed by atoms with Gasteiger partial charge in [-0.2, -0.15) is 0 Å². The van der Waals surface area contributed by atoms with Crippen molar-refractivity contribution in [2.75, 3.05) is 6.61 Å². The molecule has 0 saturated heterocycles. The van der Waals surface area contributed by atoms with E-state index in [2.05, 4.69) is 16.4 Å². The van der Waals surface area contributed by atoms with Crippen molar-refractivity contribution in [3.63, 3.8) is 0 Å². The van der Waals surface area contributed by atoms with Crippen molar-refractivity contribution >= 4 is 28.2 Å². The number of nitrogens with two attached hydrogens (primary N) is 1. The lowest BCUT2D eigenvalue weighted by molar-refractivity contribution is 0.329. The van der Waals surface area contributed by atoms with E-state index in [0.717, 1.165) is 0 Å². The summed E-state index contributed by atoms with van der Waals surface area (Å²) in [5, 5.41) is 0. The molecule has 6 heteroatoms. The zero-order valence-corrected chi connectivity index (χ0v) is 6.99. The predicted molar refractivity (Wildman–Crippen MR) is 42.3 cm³/mol. The fourth-order valence-corrected chi connectivity index (χ4v) is 0.808. The molecule has 0 aliphatic heterocycles. The Balaban J connectivity index is 3.13. The lowest BCUT2D eigenvalue weighted by atomic mass is 10.3. The van der Waals surface area contributed by atoms with Gasteiger partial charge >= 0.3 is 0 Å². The number of hydrogen-bond donors (Lipinski definition) is 2. The van der Waals surface area contributed by atoms with Gasteiger partial charge < -0.3 is 5.73 Å². The highest BCUT2D eigenvalue weighted by Gasteiger charge is 1.90. The van der Waals surface area contributed by atoms with Gasteiger partial charge in [0.2, 0.25) is 0 Å². The van der Waals surface area contributed by atoms with Gasteiger partial charge in [-0.25, -0.2) is 8.42 Å². The smallest absolute Gasteiger partial charge is 0.257 e. The van der Waals surface area contributed by atoms with Gasteiger partial charge in [0.25, 0.3) is 11.0 Å². The monoisotopic (exact) mass is 183 g/mol. The van der Waals surface area contributed by atoms with E-state index in [9.17, 15) is 8.42 Å². The third-order valence-electron chi connectivity index (χ3n) is 0.764. The summed E-state index contributed by atoms with van der Waals surface area (Å²) in [7, 11) is -2.72. The van der Waals surface area contributed by atoms with E-state index in [1.54, 1.807) is 0 Å². The van der Waals surface area contributed by atoms with Crippen LogP contribution in [0.25, 0.3) is 0 Å². The second kappa shape index (κ2) is 5.57. The van der Waals surface area contributed by atoms with Crippen molar-refractivity contribution in [3.8, 4) is 0 Å². The second-order valence-corrected chi connectivity index (χ2v) is 2.86. The average molecular weight is 183 g/mol. The molecule has 0 spiro atoms. The second-order valence-electron chi connectivity index (χ2n) is 1.63. The minimum Gasteiger partial charge on any atom is -0.393 e. The largest absolute Gasteiger partial charge is 0.393 e. The van der Waals surface area contributed by atoms with E-state index in [4.69, 9.17) is 5.73 Å². The summed E-state index contributed by atoms with van der Waals surface area (Å²) in [6.07, 6.45) is 1.08. The molecule has 0 radical (unpaired) electrons. The van der Waals surface area contributed by atoms with Crippen LogP contribution >= 0.6 is 12.2 Å². The van der Waals surface area contributed by atoms with Crippen molar-refractivity contribution in [3.05, 3.63) is 0 Å². The van der Waals surface area contributed by atoms with Crippen LogP contribution in [0.15, 0.2) is 0 Å². The van der Waals surface area contributed by atoms with Crippen LogP contribution < -0.4 is 5.73 Å². The molecule has 0 bridgehead atoms. The first kappa shape index (κ1) is 9.80. The van der Waals surface area contributed by atoms with Gasteiger partial charge in [0.1, 0.15) is 0 Å². The molecule has 0 unspecified atom stereocenters. The number of rotatable bonds is 5. The molecule has 0 aliphatic carbocycles. The Labute approximate surface area is 66.5 Å². The minimum absolute atomic E-state index is 0.163. The van der Waals surface area contributed by atoms with E-state index in [-0.39, 0.29) is 6.61 Å². The maximum Gasteiger partial charge on any atom is 0.257 e. The maximum absolute atomic E-state index is 9.79. The highest BCUT2D eigenvalue weighted by molar-refractivity contribution is 7.80. The fourth-order valence-electron chi connectivity index (χ4n) is 0.385. The Kier molecular flexibility index (Phi) is 5.46. The van der Waals surface area contributed by atoms with Gasteiger partial charge in [0.05, 0.1) is 11.6 Å². The molecule has 0 fully saturated rings. The summed E-state index contributed by atoms with van der Waals surface area (Å²) in [4.78, 5) is 0.379. The Morgan fingerprint density at radius 1 is 1.60 bits per heavy atom. The summed E-state index contributed by atoms with van der Waals surface area (Å²) in [6.45, 7) is 0.163. The van der Waals surface area contributed by atoms with E-state index in [1.165, 1.54) is 0 Å². The van der Waals surface area contributed by atoms with E-state index < -0.39 is 11.0 Å². The molecular weight excluding hydrogens is 174 g/mol. The molecule has 0 aromatic rings. The molecule has 0 aromatic carbocycles. The van der Waals surface area contributed by atoms with Crippen LogP contribution in [-0.2, 0) is 15.2 Å². The molecule has 60 valence electrons. The number of thiocarbonyl (C=S) groups is 1. The van der Waals surface area contributed by atoms with Gasteiger partial charge in [-0.15, -0.1) is 0 Å². The van der Waals surface area contributed by atoms with Crippen molar-refractivity contribution < 1.29 is 12.6 Å². The Bertz CT molecular complexity index is 169.